The Bertz CT molecular complexity index is 124. The molecule has 0 fully saturated rings. The molecule has 0 nitrogen and oxygen atoms in total. The van der Waals surface area contributed by atoms with Crippen molar-refractivity contribution in [1.29, 1.82) is 0 Å². The summed E-state index contributed by atoms with van der Waals surface area (Å²) in [5.74, 6) is 1.32. The normalized spacial score (nSPS) is 15.2. The number of alkyl halides is 4. The number of halogens is 4. The van der Waals surface area contributed by atoms with Crippen LogP contribution in [0.1, 0.15) is 13.8 Å². The van der Waals surface area contributed by atoms with Gasteiger partial charge in [0.05, 0.1) is 0 Å². The zero-order valence-corrected chi connectivity index (χ0v) is 9.39. The minimum atomic E-state index is -4.11. The molecule has 0 aromatic rings. The van der Waals surface area contributed by atoms with Crippen LogP contribution in [-0.2, 0) is 0 Å². The maximum Gasteiger partial charge on any atom is 0.402 e. The molecule has 0 saturated carbocycles. The van der Waals surface area contributed by atoms with Crippen molar-refractivity contribution >= 4 is 27.7 Å². The van der Waals surface area contributed by atoms with Gasteiger partial charge in [0.15, 0.2) is 0 Å². The van der Waals surface area contributed by atoms with Crippen molar-refractivity contribution in [1.82, 2.24) is 0 Å². The third-order valence-electron chi connectivity index (χ3n) is 1.07. The van der Waals surface area contributed by atoms with Gasteiger partial charge in [0.25, 0.3) is 0 Å². The number of hydrogen-bond donors (Lipinski definition) is 0. The standard InChI is InChI=1S/C7H12BrF3S/c1-5(2)3-12-4-6(8)7(9,10)11/h5-6H,3-4H2,1-2H3. The molecule has 0 rings (SSSR count). The third kappa shape index (κ3) is 6.17. The molecule has 0 aliphatic heterocycles. The number of rotatable bonds is 4. The van der Waals surface area contributed by atoms with Gasteiger partial charge < -0.3 is 0 Å². The summed E-state index contributed by atoms with van der Waals surface area (Å²) in [6.07, 6.45) is -4.11. The molecule has 0 radical (unpaired) electrons. The molecule has 1 atom stereocenters. The molecule has 0 saturated heterocycles. The Labute approximate surface area is 83.4 Å². The fraction of sp³-hybridized carbons (Fsp3) is 1.00. The van der Waals surface area contributed by atoms with Crippen LogP contribution in [-0.4, -0.2) is 22.5 Å². The smallest absolute Gasteiger partial charge is 0.170 e. The molecule has 12 heavy (non-hydrogen) atoms. The molecule has 0 bridgehead atoms. The number of hydrogen-bond acceptors (Lipinski definition) is 1. The Morgan fingerprint density at radius 2 is 1.75 bits per heavy atom. The minimum absolute atomic E-state index is 0.0989. The van der Waals surface area contributed by atoms with E-state index in [4.69, 9.17) is 0 Å². The molecule has 0 N–H and O–H groups in total. The van der Waals surface area contributed by atoms with Crippen LogP contribution >= 0.6 is 27.7 Å². The van der Waals surface area contributed by atoms with Crippen molar-refractivity contribution in [3.63, 3.8) is 0 Å². The van der Waals surface area contributed by atoms with Crippen molar-refractivity contribution < 1.29 is 13.2 Å². The molecular formula is C7H12BrF3S. The average Bonchev–Trinajstić information content (AvgIpc) is 1.84. The maximum absolute atomic E-state index is 11.9. The molecule has 0 spiro atoms. The topological polar surface area (TPSA) is 0 Å². The van der Waals surface area contributed by atoms with Gasteiger partial charge in [0.2, 0.25) is 0 Å². The van der Waals surface area contributed by atoms with Gasteiger partial charge in [-0.1, -0.05) is 29.8 Å². The van der Waals surface area contributed by atoms with E-state index in [0.29, 0.717) is 5.92 Å². The van der Waals surface area contributed by atoms with Gasteiger partial charge in [-0.05, 0) is 11.7 Å². The first-order valence-corrected chi connectivity index (χ1v) is 5.69. The summed E-state index contributed by atoms with van der Waals surface area (Å²) in [6.45, 7) is 3.98. The van der Waals surface area contributed by atoms with Gasteiger partial charge >= 0.3 is 6.18 Å². The SMILES string of the molecule is CC(C)CSCC(Br)C(F)(F)F. The highest BCUT2D eigenvalue weighted by Crippen LogP contribution is 2.29. The van der Waals surface area contributed by atoms with Crippen LogP contribution in [0.5, 0.6) is 0 Å². The quantitative estimate of drug-likeness (QED) is 0.698. The highest BCUT2D eigenvalue weighted by molar-refractivity contribution is 9.09. The van der Waals surface area contributed by atoms with E-state index in [2.05, 4.69) is 15.9 Å². The Morgan fingerprint density at radius 1 is 1.25 bits per heavy atom. The molecular weight excluding hydrogens is 253 g/mol. The molecule has 5 heteroatoms. The molecule has 0 aliphatic carbocycles. The van der Waals surface area contributed by atoms with Crippen LogP contribution in [0.25, 0.3) is 0 Å². The summed E-state index contributed by atoms with van der Waals surface area (Å²) in [7, 11) is 0. The van der Waals surface area contributed by atoms with Crippen LogP contribution in [0, 0.1) is 5.92 Å². The molecule has 74 valence electrons. The van der Waals surface area contributed by atoms with E-state index in [9.17, 15) is 13.2 Å². The fourth-order valence-corrected chi connectivity index (χ4v) is 2.07. The Morgan fingerprint density at radius 3 is 2.08 bits per heavy atom. The van der Waals surface area contributed by atoms with Gasteiger partial charge in [-0.2, -0.15) is 24.9 Å². The van der Waals surface area contributed by atoms with Gasteiger partial charge in [-0.15, -0.1) is 0 Å². The zero-order valence-electron chi connectivity index (χ0n) is 6.99. The van der Waals surface area contributed by atoms with Gasteiger partial charge in [-0.25, -0.2) is 0 Å². The van der Waals surface area contributed by atoms with Crippen molar-refractivity contribution in [2.75, 3.05) is 11.5 Å². The first kappa shape index (κ1) is 12.6. The van der Waals surface area contributed by atoms with Crippen molar-refractivity contribution in [3.05, 3.63) is 0 Å². The monoisotopic (exact) mass is 264 g/mol. The summed E-state index contributed by atoms with van der Waals surface area (Å²) in [4.78, 5) is -1.37. The second kappa shape index (κ2) is 5.37. The minimum Gasteiger partial charge on any atom is -0.170 e. The second-order valence-electron chi connectivity index (χ2n) is 2.94. The predicted octanol–water partition coefficient (Wildman–Crippen LogP) is 3.70. The third-order valence-corrected chi connectivity index (χ3v) is 3.81. The Kier molecular flexibility index (Phi) is 5.65. The molecule has 0 aromatic heterocycles. The lowest BCUT2D eigenvalue weighted by molar-refractivity contribution is -0.122. The van der Waals surface area contributed by atoms with Crippen LogP contribution in [0.2, 0.25) is 0 Å². The summed E-state index contributed by atoms with van der Waals surface area (Å²) in [6, 6.07) is 0. The molecule has 0 aromatic carbocycles. The predicted molar refractivity (Wildman–Crippen MR) is 50.9 cm³/mol. The van der Waals surface area contributed by atoms with E-state index < -0.39 is 11.0 Å². The lowest BCUT2D eigenvalue weighted by atomic mass is 10.3. The van der Waals surface area contributed by atoms with Crippen LogP contribution in [0.3, 0.4) is 0 Å². The Hall–Kier alpha value is 0.620. The van der Waals surface area contributed by atoms with E-state index in [1.807, 2.05) is 13.8 Å². The summed E-state index contributed by atoms with van der Waals surface area (Å²) < 4.78 is 35.7. The van der Waals surface area contributed by atoms with Crippen LogP contribution < -0.4 is 0 Å². The fourth-order valence-electron chi connectivity index (χ4n) is 0.502. The first-order chi connectivity index (χ1) is 5.34. The second-order valence-corrected chi connectivity index (χ2v) is 5.12. The van der Waals surface area contributed by atoms with Gasteiger partial charge in [0, 0.05) is 5.75 Å². The largest absolute Gasteiger partial charge is 0.402 e. The van der Waals surface area contributed by atoms with Gasteiger partial charge in [0.1, 0.15) is 4.83 Å². The van der Waals surface area contributed by atoms with Crippen molar-refractivity contribution in [2.24, 2.45) is 5.92 Å². The van der Waals surface area contributed by atoms with E-state index in [1.165, 1.54) is 11.8 Å². The average molecular weight is 265 g/mol. The Balaban J connectivity index is 3.51. The lowest BCUT2D eigenvalue weighted by Crippen LogP contribution is -2.25. The maximum atomic E-state index is 11.9. The zero-order chi connectivity index (χ0) is 9.78. The first-order valence-electron chi connectivity index (χ1n) is 3.62. The van der Waals surface area contributed by atoms with Crippen LogP contribution in [0.15, 0.2) is 0 Å². The van der Waals surface area contributed by atoms with Crippen LogP contribution in [0.4, 0.5) is 13.2 Å². The van der Waals surface area contributed by atoms with Crippen molar-refractivity contribution in [2.45, 2.75) is 24.9 Å². The summed E-state index contributed by atoms with van der Waals surface area (Å²) >= 11 is 3.93. The highest BCUT2D eigenvalue weighted by Gasteiger charge is 2.37. The summed E-state index contributed by atoms with van der Waals surface area (Å²) in [5, 5.41) is 0. The molecule has 1 unspecified atom stereocenters. The molecule has 0 heterocycles. The van der Waals surface area contributed by atoms with E-state index in [0.717, 1.165) is 5.75 Å². The van der Waals surface area contributed by atoms with Gasteiger partial charge in [-0.3, -0.25) is 0 Å². The van der Waals surface area contributed by atoms with E-state index in [1.54, 1.807) is 0 Å². The highest BCUT2D eigenvalue weighted by atomic mass is 79.9. The lowest BCUT2D eigenvalue weighted by Gasteiger charge is -2.13. The summed E-state index contributed by atoms with van der Waals surface area (Å²) in [5.41, 5.74) is 0. The molecule has 0 aliphatic rings. The van der Waals surface area contributed by atoms with E-state index in [-0.39, 0.29) is 5.75 Å². The molecule has 0 amide bonds. The van der Waals surface area contributed by atoms with E-state index >= 15 is 0 Å². The van der Waals surface area contributed by atoms with Crippen molar-refractivity contribution in [3.8, 4) is 0 Å². The number of thioether (sulfide) groups is 1.